The molecule has 0 saturated carbocycles. The zero-order valence-corrected chi connectivity index (χ0v) is 15.6. The number of nitrogens with zero attached hydrogens (tertiary/aromatic N) is 3. The Kier molecular flexibility index (Phi) is 5.29. The maximum atomic E-state index is 9.10. The molecule has 25 heavy (non-hydrogen) atoms. The van der Waals surface area contributed by atoms with Crippen LogP contribution < -0.4 is 9.55 Å². The molecule has 0 amide bonds. The summed E-state index contributed by atoms with van der Waals surface area (Å²) in [5.74, 6) is 1.53. The highest BCUT2D eigenvalue weighted by Crippen LogP contribution is 2.43. The van der Waals surface area contributed by atoms with Crippen LogP contribution in [0.5, 0.6) is 0 Å². The lowest BCUT2D eigenvalue weighted by molar-refractivity contribution is -0.612. The van der Waals surface area contributed by atoms with E-state index in [1.807, 2.05) is 35.1 Å². The number of benzene rings is 1. The van der Waals surface area contributed by atoms with Gasteiger partial charge in [-0.25, -0.2) is 9.97 Å². The molecule has 3 aromatic rings. The zero-order chi connectivity index (χ0) is 17.1. The second kappa shape index (κ2) is 7.81. The van der Waals surface area contributed by atoms with E-state index >= 15 is 0 Å². The van der Waals surface area contributed by atoms with Crippen LogP contribution in [0.25, 0.3) is 17.0 Å². The third kappa shape index (κ3) is 3.57. The number of para-hydroxylation sites is 2. The SMILES string of the molecule is OCCSSC1CCCCc2ccc[n+](-c3nc4ccccc4[n-]3)c21. The monoisotopic (exact) mass is 371 g/mol. The summed E-state index contributed by atoms with van der Waals surface area (Å²) < 4.78 is 2.18. The van der Waals surface area contributed by atoms with E-state index in [0.29, 0.717) is 5.25 Å². The fourth-order valence-electron chi connectivity index (χ4n) is 3.36. The first-order chi connectivity index (χ1) is 12.4. The summed E-state index contributed by atoms with van der Waals surface area (Å²) in [4.78, 5) is 9.50. The van der Waals surface area contributed by atoms with Gasteiger partial charge in [0, 0.05) is 17.6 Å². The Morgan fingerprint density at radius 2 is 2.12 bits per heavy atom. The van der Waals surface area contributed by atoms with Gasteiger partial charge in [-0.1, -0.05) is 46.2 Å². The Bertz CT molecular complexity index is 832. The van der Waals surface area contributed by atoms with E-state index in [0.717, 1.165) is 35.6 Å². The first kappa shape index (κ1) is 16.9. The molecule has 1 aromatic carbocycles. The number of rotatable bonds is 5. The average molecular weight is 372 g/mol. The van der Waals surface area contributed by atoms with Crippen molar-refractivity contribution in [1.82, 2.24) is 9.97 Å². The molecule has 0 bridgehead atoms. The maximum absolute atomic E-state index is 9.10. The van der Waals surface area contributed by atoms with Crippen molar-refractivity contribution in [3.63, 3.8) is 0 Å². The van der Waals surface area contributed by atoms with Crippen molar-refractivity contribution in [3.05, 3.63) is 53.9 Å². The summed E-state index contributed by atoms with van der Waals surface area (Å²) >= 11 is 0. The number of fused-ring (bicyclic) bond motifs is 2. The van der Waals surface area contributed by atoms with Gasteiger partial charge in [-0.05, 0) is 43.0 Å². The fourth-order valence-corrected chi connectivity index (χ4v) is 5.88. The van der Waals surface area contributed by atoms with Crippen LogP contribution in [0.15, 0.2) is 42.6 Å². The van der Waals surface area contributed by atoms with Crippen molar-refractivity contribution in [2.45, 2.75) is 30.9 Å². The standard InChI is InChI=1S/C19H21N3OS2/c23-12-13-24-25-17-10-4-1-6-14-7-5-11-22(18(14)17)19-20-15-8-2-3-9-16(15)21-19/h2-3,5,7-9,11,17,23H,1,4,6,10,12-13H2. The zero-order valence-electron chi connectivity index (χ0n) is 14.0. The van der Waals surface area contributed by atoms with E-state index in [-0.39, 0.29) is 6.61 Å². The lowest BCUT2D eigenvalue weighted by Crippen LogP contribution is -2.39. The van der Waals surface area contributed by atoms with E-state index in [9.17, 15) is 0 Å². The molecule has 1 unspecified atom stereocenters. The molecule has 6 heteroatoms. The molecule has 0 fully saturated rings. The van der Waals surface area contributed by atoms with E-state index < -0.39 is 0 Å². The number of pyridine rings is 1. The minimum atomic E-state index is 0.226. The molecule has 2 heterocycles. The molecule has 0 aliphatic heterocycles. The molecular weight excluding hydrogens is 350 g/mol. The Hall–Kier alpha value is -1.50. The number of aliphatic hydroxyl groups is 1. The van der Waals surface area contributed by atoms with Gasteiger partial charge < -0.3 is 5.11 Å². The van der Waals surface area contributed by atoms with E-state index in [4.69, 9.17) is 15.1 Å². The van der Waals surface area contributed by atoms with E-state index in [2.05, 4.69) is 22.9 Å². The number of aryl methyl sites for hydroxylation is 1. The molecule has 0 radical (unpaired) electrons. The highest BCUT2D eigenvalue weighted by Gasteiger charge is 2.24. The van der Waals surface area contributed by atoms with Crippen LogP contribution in [0.2, 0.25) is 0 Å². The summed E-state index contributed by atoms with van der Waals surface area (Å²) in [6.07, 6.45) is 6.81. The number of aliphatic hydroxyl groups excluding tert-OH is 1. The van der Waals surface area contributed by atoms with Crippen LogP contribution in [-0.4, -0.2) is 22.5 Å². The van der Waals surface area contributed by atoms with Crippen LogP contribution >= 0.6 is 21.6 Å². The molecule has 1 aliphatic rings. The average Bonchev–Trinajstić information content (AvgIpc) is 2.97. The molecule has 1 aliphatic carbocycles. The van der Waals surface area contributed by atoms with Gasteiger partial charge in [-0.2, -0.15) is 0 Å². The van der Waals surface area contributed by atoms with Gasteiger partial charge in [0.05, 0.1) is 22.9 Å². The van der Waals surface area contributed by atoms with Crippen molar-refractivity contribution in [2.24, 2.45) is 0 Å². The van der Waals surface area contributed by atoms with Crippen molar-refractivity contribution >= 4 is 32.6 Å². The molecular formula is C19H21N3OS2. The molecule has 1 atom stereocenters. The van der Waals surface area contributed by atoms with Gasteiger partial charge in [-0.15, -0.1) is 0 Å². The van der Waals surface area contributed by atoms with Crippen molar-refractivity contribution < 1.29 is 9.67 Å². The summed E-state index contributed by atoms with van der Waals surface area (Å²) in [6, 6.07) is 12.4. The molecule has 0 spiro atoms. The summed E-state index contributed by atoms with van der Waals surface area (Å²) in [5.41, 5.74) is 4.60. The van der Waals surface area contributed by atoms with Crippen LogP contribution in [0.1, 0.15) is 35.8 Å². The largest absolute Gasteiger partial charge is 0.395 e. The summed E-state index contributed by atoms with van der Waals surface area (Å²) in [7, 11) is 3.63. The third-order valence-electron chi connectivity index (χ3n) is 4.49. The first-order valence-corrected chi connectivity index (χ1v) is 11.1. The molecule has 0 saturated heterocycles. The smallest absolute Gasteiger partial charge is 0.235 e. The highest BCUT2D eigenvalue weighted by atomic mass is 33.1. The van der Waals surface area contributed by atoms with Gasteiger partial charge in [0.2, 0.25) is 5.95 Å². The van der Waals surface area contributed by atoms with Gasteiger partial charge in [0.15, 0.2) is 0 Å². The molecule has 2 aromatic heterocycles. The highest BCUT2D eigenvalue weighted by molar-refractivity contribution is 8.76. The number of aromatic nitrogens is 3. The number of imidazole rings is 1. The lowest BCUT2D eigenvalue weighted by Gasteiger charge is -2.21. The van der Waals surface area contributed by atoms with Crippen molar-refractivity contribution in [2.75, 3.05) is 12.4 Å². The van der Waals surface area contributed by atoms with Gasteiger partial charge >= 0.3 is 0 Å². The Balaban J connectivity index is 1.77. The van der Waals surface area contributed by atoms with Crippen molar-refractivity contribution in [3.8, 4) is 5.95 Å². The molecule has 130 valence electrons. The van der Waals surface area contributed by atoms with Crippen LogP contribution in [0, 0.1) is 0 Å². The quantitative estimate of drug-likeness (QED) is 0.321. The van der Waals surface area contributed by atoms with Gasteiger partial charge in [0.25, 0.3) is 0 Å². The Labute approximate surface area is 155 Å². The topological polar surface area (TPSA) is 51.1 Å². The molecule has 1 N–H and O–H groups in total. The van der Waals surface area contributed by atoms with Gasteiger partial charge in [-0.3, -0.25) is 4.57 Å². The Morgan fingerprint density at radius 1 is 1.20 bits per heavy atom. The van der Waals surface area contributed by atoms with Crippen LogP contribution in [0.4, 0.5) is 0 Å². The second-order valence-corrected chi connectivity index (χ2v) is 8.87. The Morgan fingerprint density at radius 3 is 3.00 bits per heavy atom. The lowest BCUT2D eigenvalue weighted by atomic mass is 10.1. The normalized spacial score (nSPS) is 17.4. The van der Waals surface area contributed by atoms with E-state index in [1.54, 1.807) is 10.8 Å². The third-order valence-corrected chi connectivity index (χ3v) is 7.27. The van der Waals surface area contributed by atoms with Crippen LogP contribution in [0.3, 0.4) is 0 Å². The maximum Gasteiger partial charge on any atom is 0.235 e. The fraction of sp³-hybridized carbons (Fsp3) is 0.368. The first-order valence-electron chi connectivity index (χ1n) is 8.69. The van der Waals surface area contributed by atoms with Gasteiger partial charge in [0.1, 0.15) is 0 Å². The minimum absolute atomic E-state index is 0.226. The summed E-state index contributed by atoms with van der Waals surface area (Å²) in [5, 5.41) is 9.50. The number of hydrogen-bond donors (Lipinski definition) is 1. The van der Waals surface area contributed by atoms with E-state index in [1.165, 1.54) is 24.1 Å². The predicted octanol–water partition coefficient (Wildman–Crippen LogP) is 3.61. The molecule has 4 rings (SSSR count). The van der Waals surface area contributed by atoms with Crippen LogP contribution in [-0.2, 0) is 6.42 Å². The summed E-state index contributed by atoms with van der Waals surface area (Å²) in [6.45, 7) is 0.226. The number of hydrogen-bond acceptors (Lipinski definition) is 4. The predicted molar refractivity (Wildman–Crippen MR) is 104 cm³/mol. The minimum Gasteiger partial charge on any atom is -0.395 e. The second-order valence-electron chi connectivity index (χ2n) is 6.18. The van der Waals surface area contributed by atoms with Crippen molar-refractivity contribution in [1.29, 1.82) is 0 Å². The molecule has 4 nitrogen and oxygen atoms in total.